The third-order valence-electron chi connectivity index (χ3n) is 3.16. The van der Waals surface area contributed by atoms with E-state index in [9.17, 15) is 0 Å². The molecule has 0 aromatic heterocycles. The summed E-state index contributed by atoms with van der Waals surface area (Å²) in [7, 11) is 0. The highest BCUT2D eigenvalue weighted by molar-refractivity contribution is 5.33. The maximum Gasteiger partial charge on any atom is 0.0635 e. The lowest BCUT2D eigenvalue weighted by Gasteiger charge is -2.16. The molecule has 0 aliphatic heterocycles. The highest BCUT2D eigenvalue weighted by atomic mass is 14.8. The largest absolute Gasteiger partial charge is 0.312 e. The molecule has 0 atom stereocenters. The smallest absolute Gasteiger partial charge is 0.0635 e. The van der Waals surface area contributed by atoms with Crippen LogP contribution in [0.2, 0.25) is 0 Å². The molecule has 1 aromatic carbocycles. The fourth-order valence-electron chi connectivity index (χ4n) is 2.27. The second-order valence-electron chi connectivity index (χ2n) is 4.40. The number of benzene rings is 1. The van der Waals surface area contributed by atoms with Crippen LogP contribution in [0.15, 0.2) is 18.2 Å². The SMILES string of the molecule is N#CCCNCc1ccc2c(c1)CCCC2. The number of hydrogen-bond donors (Lipinski definition) is 1. The quantitative estimate of drug-likeness (QED) is 0.782. The number of hydrogen-bond acceptors (Lipinski definition) is 2. The maximum atomic E-state index is 8.43. The van der Waals surface area contributed by atoms with Crippen LogP contribution in [0.3, 0.4) is 0 Å². The molecule has 1 aliphatic rings. The highest BCUT2D eigenvalue weighted by Gasteiger charge is 2.08. The van der Waals surface area contributed by atoms with E-state index in [4.69, 9.17) is 5.26 Å². The van der Waals surface area contributed by atoms with Crippen molar-refractivity contribution in [1.82, 2.24) is 5.32 Å². The Kier molecular flexibility index (Phi) is 3.96. The average molecular weight is 214 g/mol. The fraction of sp³-hybridized carbons (Fsp3) is 0.500. The van der Waals surface area contributed by atoms with Gasteiger partial charge in [-0.15, -0.1) is 0 Å². The Labute approximate surface area is 97.3 Å². The predicted molar refractivity (Wildman–Crippen MR) is 65.0 cm³/mol. The topological polar surface area (TPSA) is 35.8 Å². The molecule has 0 radical (unpaired) electrons. The van der Waals surface area contributed by atoms with Crippen LogP contribution >= 0.6 is 0 Å². The Morgan fingerprint density at radius 3 is 2.81 bits per heavy atom. The lowest BCUT2D eigenvalue weighted by atomic mass is 9.90. The van der Waals surface area contributed by atoms with Gasteiger partial charge < -0.3 is 5.32 Å². The summed E-state index contributed by atoms with van der Waals surface area (Å²) < 4.78 is 0. The summed E-state index contributed by atoms with van der Waals surface area (Å²) in [5, 5.41) is 11.7. The van der Waals surface area contributed by atoms with Gasteiger partial charge in [-0.1, -0.05) is 18.2 Å². The first-order chi connectivity index (χ1) is 7.90. The van der Waals surface area contributed by atoms with Crippen LogP contribution in [0, 0.1) is 11.3 Å². The van der Waals surface area contributed by atoms with Gasteiger partial charge in [0.15, 0.2) is 0 Å². The van der Waals surface area contributed by atoms with E-state index in [0.29, 0.717) is 6.42 Å². The molecule has 1 aliphatic carbocycles. The van der Waals surface area contributed by atoms with Crippen molar-refractivity contribution in [2.45, 2.75) is 38.6 Å². The fourth-order valence-corrected chi connectivity index (χ4v) is 2.27. The highest BCUT2D eigenvalue weighted by Crippen LogP contribution is 2.22. The van der Waals surface area contributed by atoms with Gasteiger partial charge in [0.2, 0.25) is 0 Å². The molecular weight excluding hydrogens is 196 g/mol. The molecule has 0 bridgehead atoms. The summed E-state index contributed by atoms with van der Waals surface area (Å²) in [6, 6.07) is 8.95. The van der Waals surface area contributed by atoms with E-state index in [1.54, 1.807) is 0 Å². The van der Waals surface area contributed by atoms with E-state index < -0.39 is 0 Å². The van der Waals surface area contributed by atoms with Crippen LogP contribution in [0.4, 0.5) is 0 Å². The average Bonchev–Trinajstić information content (AvgIpc) is 2.34. The van der Waals surface area contributed by atoms with Crippen LogP contribution in [-0.2, 0) is 19.4 Å². The zero-order chi connectivity index (χ0) is 11.2. The molecule has 2 heteroatoms. The van der Waals surface area contributed by atoms with E-state index in [1.807, 2.05) is 0 Å². The van der Waals surface area contributed by atoms with Gasteiger partial charge in [0.25, 0.3) is 0 Å². The summed E-state index contributed by atoms with van der Waals surface area (Å²) in [5.41, 5.74) is 4.41. The first-order valence-corrected chi connectivity index (χ1v) is 6.08. The Morgan fingerprint density at radius 1 is 1.19 bits per heavy atom. The molecule has 0 unspecified atom stereocenters. The van der Waals surface area contributed by atoms with Crippen molar-refractivity contribution in [3.05, 3.63) is 34.9 Å². The molecule has 0 spiro atoms. The minimum atomic E-state index is 0.588. The molecule has 0 amide bonds. The third kappa shape index (κ3) is 2.84. The van der Waals surface area contributed by atoms with Crippen molar-refractivity contribution in [3.63, 3.8) is 0 Å². The van der Waals surface area contributed by atoms with Gasteiger partial charge in [0.05, 0.1) is 6.07 Å². The van der Waals surface area contributed by atoms with Crippen LogP contribution < -0.4 is 5.32 Å². The molecule has 2 rings (SSSR count). The van der Waals surface area contributed by atoms with Crippen LogP contribution in [0.5, 0.6) is 0 Å². The molecule has 16 heavy (non-hydrogen) atoms. The lowest BCUT2D eigenvalue weighted by Crippen LogP contribution is -2.14. The van der Waals surface area contributed by atoms with Crippen LogP contribution in [-0.4, -0.2) is 6.54 Å². The van der Waals surface area contributed by atoms with E-state index in [0.717, 1.165) is 13.1 Å². The molecular formula is C14H18N2. The van der Waals surface area contributed by atoms with Crippen molar-refractivity contribution in [3.8, 4) is 6.07 Å². The minimum absolute atomic E-state index is 0.588. The van der Waals surface area contributed by atoms with E-state index in [2.05, 4.69) is 29.6 Å². The molecule has 84 valence electrons. The van der Waals surface area contributed by atoms with Crippen molar-refractivity contribution in [1.29, 1.82) is 5.26 Å². The standard InChI is InChI=1S/C14H18N2/c15-8-3-9-16-11-12-6-7-13-4-1-2-5-14(13)10-12/h6-7,10,16H,1-5,9,11H2. The Balaban J connectivity index is 1.93. The summed E-state index contributed by atoms with van der Waals surface area (Å²) in [4.78, 5) is 0. The first kappa shape index (κ1) is 11.2. The minimum Gasteiger partial charge on any atom is -0.312 e. The lowest BCUT2D eigenvalue weighted by molar-refractivity contribution is 0.674. The zero-order valence-electron chi connectivity index (χ0n) is 9.63. The van der Waals surface area contributed by atoms with Gasteiger partial charge in [-0.25, -0.2) is 0 Å². The molecule has 0 saturated carbocycles. The monoisotopic (exact) mass is 214 g/mol. The Bertz CT molecular complexity index is 390. The Morgan fingerprint density at radius 2 is 2.00 bits per heavy atom. The van der Waals surface area contributed by atoms with Gasteiger partial charge in [-0.3, -0.25) is 0 Å². The summed E-state index contributed by atoms with van der Waals surface area (Å²) in [6.45, 7) is 1.67. The summed E-state index contributed by atoms with van der Waals surface area (Å²) in [5.74, 6) is 0. The van der Waals surface area contributed by atoms with E-state index in [1.165, 1.54) is 42.4 Å². The summed E-state index contributed by atoms with van der Waals surface area (Å²) in [6.07, 6.45) is 5.74. The molecule has 0 saturated heterocycles. The van der Waals surface area contributed by atoms with Crippen LogP contribution in [0.25, 0.3) is 0 Å². The van der Waals surface area contributed by atoms with Gasteiger partial charge in [-0.05, 0) is 42.4 Å². The molecule has 0 heterocycles. The van der Waals surface area contributed by atoms with Gasteiger partial charge in [0, 0.05) is 19.5 Å². The van der Waals surface area contributed by atoms with Crippen molar-refractivity contribution >= 4 is 0 Å². The Hall–Kier alpha value is -1.33. The van der Waals surface area contributed by atoms with Crippen molar-refractivity contribution in [2.75, 3.05) is 6.54 Å². The van der Waals surface area contributed by atoms with Crippen LogP contribution in [0.1, 0.15) is 36.0 Å². The molecule has 1 aromatic rings. The van der Waals surface area contributed by atoms with Gasteiger partial charge >= 0.3 is 0 Å². The molecule has 2 nitrogen and oxygen atoms in total. The summed E-state index contributed by atoms with van der Waals surface area (Å²) >= 11 is 0. The van der Waals surface area contributed by atoms with Gasteiger partial charge in [-0.2, -0.15) is 5.26 Å². The molecule has 1 N–H and O–H groups in total. The second kappa shape index (κ2) is 5.67. The molecule has 0 fully saturated rings. The van der Waals surface area contributed by atoms with E-state index >= 15 is 0 Å². The predicted octanol–water partition coefficient (Wildman–Crippen LogP) is 2.57. The normalized spacial score (nSPS) is 14.2. The third-order valence-corrected chi connectivity index (χ3v) is 3.16. The van der Waals surface area contributed by atoms with Gasteiger partial charge in [0.1, 0.15) is 0 Å². The number of nitrogens with zero attached hydrogens (tertiary/aromatic N) is 1. The van der Waals surface area contributed by atoms with Crippen molar-refractivity contribution < 1.29 is 0 Å². The van der Waals surface area contributed by atoms with E-state index in [-0.39, 0.29) is 0 Å². The number of rotatable bonds is 4. The number of nitrogens with one attached hydrogen (secondary N) is 1. The maximum absolute atomic E-state index is 8.43. The number of nitriles is 1. The number of aryl methyl sites for hydroxylation is 2. The number of fused-ring (bicyclic) bond motifs is 1. The first-order valence-electron chi connectivity index (χ1n) is 6.08. The van der Waals surface area contributed by atoms with Crippen molar-refractivity contribution in [2.24, 2.45) is 0 Å². The zero-order valence-corrected chi connectivity index (χ0v) is 9.63. The second-order valence-corrected chi connectivity index (χ2v) is 4.40.